The van der Waals surface area contributed by atoms with E-state index >= 15 is 0 Å². The van der Waals surface area contributed by atoms with E-state index in [4.69, 9.17) is 9.26 Å². The van der Waals surface area contributed by atoms with Crippen molar-refractivity contribution in [3.8, 4) is 0 Å². The summed E-state index contributed by atoms with van der Waals surface area (Å²) in [6.45, 7) is 7.86. The lowest BCUT2D eigenvalue weighted by Crippen LogP contribution is -2.44. The van der Waals surface area contributed by atoms with Crippen LogP contribution in [0.4, 0.5) is 0 Å². The third-order valence-corrected chi connectivity index (χ3v) is 5.13. The maximum absolute atomic E-state index is 5.49. The molecule has 8 heteroatoms. The lowest BCUT2D eigenvalue weighted by atomic mass is 10.2. The van der Waals surface area contributed by atoms with Crippen molar-refractivity contribution in [3.05, 3.63) is 47.6 Å². The summed E-state index contributed by atoms with van der Waals surface area (Å²) < 4.78 is 10.8. The number of nitrogens with zero attached hydrogens (tertiary/aromatic N) is 4. The van der Waals surface area contributed by atoms with Gasteiger partial charge in [-0.05, 0) is 38.8 Å². The first-order chi connectivity index (χ1) is 14.2. The van der Waals surface area contributed by atoms with Crippen LogP contribution in [-0.4, -0.2) is 53.8 Å². The van der Waals surface area contributed by atoms with Gasteiger partial charge in [-0.1, -0.05) is 35.5 Å². The minimum absolute atomic E-state index is 0.173. The van der Waals surface area contributed by atoms with Gasteiger partial charge >= 0.3 is 0 Å². The monoisotopic (exact) mass is 400 g/mol. The Morgan fingerprint density at radius 3 is 2.93 bits per heavy atom. The fourth-order valence-corrected chi connectivity index (χ4v) is 3.58. The lowest BCUT2D eigenvalue weighted by molar-refractivity contribution is 0.0683. The number of guanidine groups is 1. The molecule has 0 saturated carbocycles. The van der Waals surface area contributed by atoms with Crippen LogP contribution in [0.2, 0.25) is 0 Å². The second-order valence-electron chi connectivity index (χ2n) is 7.20. The van der Waals surface area contributed by atoms with E-state index in [1.165, 1.54) is 18.4 Å². The van der Waals surface area contributed by atoms with Gasteiger partial charge in [-0.2, -0.15) is 4.98 Å². The fraction of sp³-hybridized carbons (Fsp3) is 0.571. The molecule has 2 N–H and O–H groups in total. The maximum atomic E-state index is 5.49. The second kappa shape index (κ2) is 10.9. The molecular weight excluding hydrogens is 368 g/mol. The van der Waals surface area contributed by atoms with Crippen molar-refractivity contribution in [1.29, 1.82) is 0 Å². The van der Waals surface area contributed by atoms with Crippen molar-refractivity contribution in [3.63, 3.8) is 0 Å². The number of hydrogen-bond acceptors (Lipinski definition) is 6. The van der Waals surface area contributed by atoms with E-state index in [2.05, 4.69) is 61.0 Å². The van der Waals surface area contributed by atoms with Gasteiger partial charge in [0.05, 0.1) is 6.54 Å². The zero-order chi connectivity index (χ0) is 20.5. The van der Waals surface area contributed by atoms with Gasteiger partial charge in [0, 0.05) is 32.8 Å². The smallest absolute Gasteiger partial charge is 0.246 e. The third-order valence-electron chi connectivity index (χ3n) is 5.13. The number of ether oxygens (including phenoxy) is 1. The number of aromatic nitrogens is 2. The first kappa shape index (κ1) is 21.3. The van der Waals surface area contributed by atoms with Gasteiger partial charge in [0.1, 0.15) is 6.10 Å². The van der Waals surface area contributed by atoms with Gasteiger partial charge in [-0.15, -0.1) is 0 Å². The van der Waals surface area contributed by atoms with Crippen molar-refractivity contribution in [2.45, 2.75) is 51.9 Å². The molecule has 0 bridgehead atoms. The van der Waals surface area contributed by atoms with Crippen molar-refractivity contribution in [2.75, 3.05) is 26.7 Å². The van der Waals surface area contributed by atoms with Gasteiger partial charge in [-0.25, -0.2) is 0 Å². The molecule has 2 unspecified atom stereocenters. The molecule has 2 atom stereocenters. The molecule has 1 saturated heterocycles. The van der Waals surface area contributed by atoms with E-state index in [1.54, 1.807) is 7.05 Å². The highest BCUT2D eigenvalue weighted by Gasteiger charge is 2.24. The molecule has 2 heterocycles. The van der Waals surface area contributed by atoms with Crippen LogP contribution in [0.1, 0.15) is 50.1 Å². The summed E-state index contributed by atoms with van der Waals surface area (Å²) in [7, 11) is 1.77. The van der Waals surface area contributed by atoms with E-state index in [0.29, 0.717) is 30.9 Å². The molecular formula is C21H32N6O2. The number of hydrogen-bond donors (Lipinski definition) is 2. The van der Waals surface area contributed by atoms with E-state index in [0.717, 1.165) is 25.6 Å². The molecule has 0 radical (unpaired) electrons. The van der Waals surface area contributed by atoms with E-state index < -0.39 is 0 Å². The van der Waals surface area contributed by atoms with Crippen LogP contribution in [-0.2, 0) is 17.8 Å². The molecule has 1 fully saturated rings. The molecule has 0 spiro atoms. The van der Waals surface area contributed by atoms with Crippen molar-refractivity contribution in [2.24, 2.45) is 4.99 Å². The van der Waals surface area contributed by atoms with Gasteiger partial charge in [0.25, 0.3) is 0 Å². The molecule has 1 aliphatic rings. The maximum Gasteiger partial charge on any atom is 0.246 e. The predicted octanol–water partition coefficient (Wildman–Crippen LogP) is 2.50. The third kappa shape index (κ3) is 6.27. The molecule has 8 nitrogen and oxygen atoms in total. The highest BCUT2D eigenvalue weighted by atomic mass is 16.5. The molecule has 1 aliphatic heterocycles. The Kier molecular flexibility index (Phi) is 8.01. The summed E-state index contributed by atoms with van der Waals surface area (Å²) in [5.74, 6) is 1.81. The van der Waals surface area contributed by atoms with E-state index in [9.17, 15) is 0 Å². The van der Waals surface area contributed by atoms with Crippen molar-refractivity contribution < 1.29 is 9.26 Å². The predicted molar refractivity (Wildman–Crippen MR) is 112 cm³/mol. The zero-order valence-corrected chi connectivity index (χ0v) is 17.6. The second-order valence-corrected chi connectivity index (χ2v) is 7.20. The Bertz CT molecular complexity index is 764. The Morgan fingerprint density at radius 1 is 1.34 bits per heavy atom. The summed E-state index contributed by atoms with van der Waals surface area (Å²) in [6.07, 6.45) is 2.25. The number of aliphatic imine (C=N–C) groups is 1. The Morgan fingerprint density at radius 2 is 2.17 bits per heavy atom. The standard InChI is InChI=1S/C21H32N6O2/c1-4-28-16(2)20-25-19(29-26-20)14-24-21(22-3)23-13-18-11-8-12-27(18)15-17-9-6-5-7-10-17/h5-7,9-10,16,18H,4,8,11-15H2,1-3H3,(H2,22,23,24). The van der Waals surface area contributed by atoms with Crippen LogP contribution in [0.3, 0.4) is 0 Å². The Balaban J connectivity index is 1.45. The van der Waals surface area contributed by atoms with Crippen LogP contribution in [0.25, 0.3) is 0 Å². The summed E-state index contributed by atoms with van der Waals surface area (Å²) >= 11 is 0. The van der Waals surface area contributed by atoms with Gasteiger partial charge in [0.15, 0.2) is 11.8 Å². The average Bonchev–Trinajstić information content (AvgIpc) is 3.39. The summed E-state index contributed by atoms with van der Waals surface area (Å²) in [4.78, 5) is 11.2. The van der Waals surface area contributed by atoms with Crippen LogP contribution in [0.15, 0.2) is 39.8 Å². The summed E-state index contributed by atoms with van der Waals surface area (Å²) in [5.41, 5.74) is 1.36. The van der Waals surface area contributed by atoms with Gasteiger partial charge in [0.2, 0.25) is 5.89 Å². The van der Waals surface area contributed by atoms with Crippen molar-refractivity contribution >= 4 is 5.96 Å². The number of nitrogens with one attached hydrogen (secondary N) is 2. The van der Waals surface area contributed by atoms with Crippen LogP contribution < -0.4 is 10.6 Å². The normalized spacial score (nSPS) is 18.7. The van der Waals surface area contributed by atoms with Crippen LogP contribution in [0, 0.1) is 0 Å². The van der Waals surface area contributed by atoms with E-state index in [1.807, 2.05) is 13.8 Å². The van der Waals surface area contributed by atoms with Gasteiger partial charge in [-0.3, -0.25) is 9.89 Å². The highest BCUT2D eigenvalue weighted by molar-refractivity contribution is 5.79. The minimum atomic E-state index is -0.173. The number of likely N-dealkylation sites (tertiary alicyclic amines) is 1. The zero-order valence-electron chi connectivity index (χ0n) is 17.6. The number of rotatable bonds is 9. The van der Waals surface area contributed by atoms with Crippen molar-refractivity contribution in [1.82, 2.24) is 25.7 Å². The van der Waals surface area contributed by atoms with Gasteiger partial charge < -0.3 is 19.9 Å². The average molecular weight is 401 g/mol. The summed E-state index contributed by atoms with van der Waals surface area (Å²) in [6, 6.07) is 11.1. The highest BCUT2D eigenvalue weighted by Crippen LogP contribution is 2.19. The Hall–Kier alpha value is -2.45. The minimum Gasteiger partial charge on any atom is -0.371 e. The van der Waals surface area contributed by atoms with E-state index in [-0.39, 0.29) is 6.10 Å². The van der Waals surface area contributed by atoms with Crippen LogP contribution >= 0.6 is 0 Å². The lowest BCUT2D eigenvalue weighted by Gasteiger charge is -2.25. The largest absolute Gasteiger partial charge is 0.371 e. The summed E-state index contributed by atoms with van der Waals surface area (Å²) in [5, 5.41) is 10.7. The quantitative estimate of drug-likeness (QED) is 0.494. The SMILES string of the molecule is CCOC(C)c1noc(CNC(=NC)NCC2CCCN2Cc2ccccc2)n1. The molecule has 1 aromatic carbocycles. The Labute approximate surface area is 172 Å². The molecule has 158 valence electrons. The first-order valence-corrected chi connectivity index (χ1v) is 10.4. The molecule has 1 aromatic heterocycles. The van der Waals surface area contributed by atoms with Crippen LogP contribution in [0.5, 0.6) is 0 Å². The molecule has 0 aliphatic carbocycles. The number of benzene rings is 1. The fourth-order valence-electron chi connectivity index (χ4n) is 3.58. The first-order valence-electron chi connectivity index (χ1n) is 10.4. The molecule has 2 aromatic rings. The topological polar surface area (TPSA) is 87.8 Å². The molecule has 29 heavy (non-hydrogen) atoms. The molecule has 0 amide bonds. The molecule has 3 rings (SSSR count).